The quantitative estimate of drug-likeness (QED) is 0.178. The van der Waals surface area contributed by atoms with Crippen LogP contribution in [-0.2, 0) is 0 Å². The van der Waals surface area contributed by atoms with Gasteiger partial charge in [-0.2, -0.15) is 0 Å². The zero-order valence-electron chi connectivity index (χ0n) is 29.3. The number of furan rings is 2. The molecule has 4 heterocycles. The fourth-order valence-electron chi connectivity index (χ4n) is 8.42. The normalized spacial score (nSPS) is 12.0. The molecular weight excluding hydrogens is 679 g/mol. The Morgan fingerprint density at radius 1 is 0.455 bits per heavy atom. The van der Waals surface area contributed by atoms with Crippen molar-refractivity contribution in [1.82, 2.24) is 9.55 Å². The van der Waals surface area contributed by atoms with E-state index in [0.717, 1.165) is 94.0 Å². The molecule has 0 aliphatic carbocycles. The number of rotatable bonds is 5. The predicted octanol–water partition coefficient (Wildman–Crippen LogP) is 13.9. The number of benzene rings is 8. The van der Waals surface area contributed by atoms with Crippen molar-refractivity contribution in [2.24, 2.45) is 0 Å². The Labute approximate surface area is 313 Å². The minimum atomic E-state index is 0.544. The van der Waals surface area contributed by atoms with Crippen LogP contribution in [0.3, 0.4) is 0 Å². The van der Waals surface area contributed by atoms with E-state index >= 15 is 0 Å². The number of para-hydroxylation sites is 4. The van der Waals surface area contributed by atoms with Crippen LogP contribution in [0.25, 0.3) is 93.9 Å². The molecule has 12 rings (SSSR count). The van der Waals surface area contributed by atoms with Crippen LogP contribution in [-0.4, -0.2) is 9.55 Å². The Morgan fingerprint density at radius 3 is 1.96 bits per heavy atom. The maximum absolute atomic E-state index is 6.88. The van der Waals surface area contributed by atoms with Crippen LogP contribution >= 0.6 is 0 Å². The van der Waals surface area contributed by atoms with Gasteiger partial charge in [-0.25, -0.2) is 4.98 Å². The molecule has 6 nitrogen and oxygen atoms in total. The third-order valence-corrected chi connectivity index (χ3v) is 10.8. The summed E-state index contributed by atoms with van der Waals surface area (Å²) in [6, 6.07) is 60.6. The van der Waals surface area contributed by atoms with Crippen molar-refractivity contribution in [3.05, 3.63) is 176 Å². The van der Waals surface area contributed by atoms with Gasteiger partial charge in [0.15, 0.2) is 11.2 Å². The van der Waals surface area contributed by atoms with Gasteiger partial charge in [-0.1, -0.05) is 97.1 Å². The lowest BCUT2D eigenvalue weighted by Crippen LogP contribution is -2.11. The first-order chi connectivity index (χ1) is 27.3. The van der Waals surface area contributed by atoms with E-state index in [4.69, 9.17) is 18.2 Å². The lowest BCUT2D eigenvalue weighted by atomic mass is 10.0. The Hall–Kier alpha value is -7.57. The molecule has 0 amide bonds. The average Bonchev–Trinajstić information content (AvgIpc) is 4.02. The highest BCUT2D eigenvalue weighted by Gasteiger charge is 2.29. The van der Waals surface area contributed by atoms with Crippen molar-refractivity contribution in [2.75, 3.05) is 4.90 Å². The highest BCUT2D eigenvalue weighted by molar-refractivity contribution is 6.21. The maximum atomic E-state index is 6.88. The van der Waals surface area contributed by atoms with Crippen LogP contribution in [0.2, 0.25) is 0 Å². The molecule has 0 spiro atoms. The highest BCUT2D eigenvalue weighted by Crippen LogP contribution is 2.50. The fraction of sp³-hybridized carbons (Fsp3) is 0. The van der Waals surface area contributed by atoms with Crippen molar-refractivity contribution in [2.45, 2.75) is 0 Å². The molecule has 0 atom stereocenters. The van der Waals surface area contributed by atoms with E-state index in [1.807, 2.05) is 66.7 Å². The second kappa shape index (κ2) is 11.5. The molecule has 0 saturated heterocycles. The minimum Gasteiger partial charge on any atom is -0.456 e. The Bertz CT molecular complexity index is 3440. The summed E-state index contributed by atoms with van der Waals surface area (Å²) in [5, 5.41) is 6.27. The molecule has 0 unspecified atom stereocenters. The summed E-state index contributed by atoms with van der Waals surface area (Å²) in [6.45, 7) is 0. The van der Waals surface area contributed by atoms with Crippen LogP contribution in [0, 0.1) is 0 Å². The zero-order valence-corrected chi connectivity index (χ0v) is 29.3. The van der Waals surface area contributed by atoms with Gasteiger partial charge in [-0.3, -0.25) is 0 Å². The van der Waals surface area contributed by atoms with Crippen molar-refractivity contribution < 1.29 is 13.3 Å². The third-order valence-electron chi connectivity index (χ3n) is 10.8. The molecule has 0 bridgehead atoms. The lowest BCUT2D eigenvalue weighted by Gasteiger charge is -2.26. The first-order valence-electron chi connectivity index (χ1n) is 18.4. The lowest BCUT2D eigenvalue weighted by molar-refractivity contribution is 0.620. The number of hydrogen-bond donors (Lipinski definition) is 0. The van der Waals surface area contributed by atoms with Gasteiger partial charge < -0.3 is 22.7 Å². The predicted molar refractivity (Wildman–Crippen MR) is 223 cm³/mol. The molecule has 55 heavy (non-hydrogen) atoms. The molecular formula is C49H29N3O3. The molecule has 6 heteroatoms. The van der Waals surface area contributed by atoms with E-state index in [2.05, 4.69) is 119 Å². The summed E-state index contributed by atoms with van der Waals surface area (Å²) in [7, 11) is 0. The summed E-state index contributed by atoms with van der Waals surface area (Å²) in [5.41, 5.74) is 11.4. The minimum absolute atomic E-state index is 0.544. The molecule has 0 saturated carbocycles. The molecule has 0 N–H and O–H groups in total. The van der Waals surface area contributed by atoms with Gasteiger partial charge >= 0.3 is 0 Å². The Kier molecular flexibility index (Phi) is 6.24. The first-order valence-corrected chi connectivity index (χ1v) is 18.4. The van der Waals surface area contributed by atoms with E-state index in [1.165, 1.54) is 0 Å². The van der Waals surface area contributed by atoms with Crippen molar-refractivity contribution in [3.8, 4) is 17.1 Å². The number of anilines is 3. The van der Waals surface area contributed by atoms with Crippen LogP contribution in [0.1, 0.15) is 0 Å². The third kappa shape index (κ3) is 4.39. The van der Waals surface area contributed by atoms with Gasteiger partial charge in [0.05, 0.1) is 22.1 Å². The number of oxazole rings is 1. The largest absolute Gasteiger partial charge is 0.456 e. The van der Waals surface area contributed by atoms with Crippen LogP contribution in [0.5, 0.6) is 0 Å². The van der Waals surface area contributed by atoms with Gasteiger partial charge in [-0.05, 0) is 78.9 Å². The first kappa shape index (κ1) is 29.9. The topological polar surface area (TPSA) is 60.5 Å². The summed E-state index contributed by atoms with van der Waals surface area (Å²) >= 11 is 0. The van der Waals surface area contributed by atoms with Crippen LogP contribution < -0.4 is 4.90 Å². The smallest absolute Gasteiger partial charge is 0.227 e. The Balaban J connectivity index is 1.24. The molecule has 0 fully saturated rings. The highest BCUT2D eigenvalue weighted by atomic mass is 16.4. The molecule has 0 aliphatic heterocycles. The van der Waals surface area contributed by atoms with E-state index < -0.39 is 0 Å². The van der Waals surface area contributed by atoms with Crippen molar-refractivity contribution >= 4 is 93.8 Å². The Morgan fingerprint density at radius 2 is 1.13 bits per heavy atom. The van der Waals surface area contributed by atoms with Gasteiger partial charge in [0.25, 0.3) is 0 Å². The van der Waals surface area contributed by atoms with E-state index in [0.29, 0.717) is 17.0 Å². The van der Waals surface area contributed by atoms with Gasteiger partial charge in [0.2, 0.25) is 5.89 Å². The molecule has 8 aromatic carbocycles. The number of aromatic nitrogens is 2. The van der Waals surface area contributed by atoms with E-state index in [-0.39, 0.29) is 0 Å². The number of nitrogens with zero attached hydrogens (tertiary/aromatic N) is 3. The second-order valence-corrected chi connectivity index (χ2v) is 13.9. The second-order valence-electron chi connectivity index (χ2n) is 13.9. The monoisotopic (exact) mass is 707 g/mol. The number of fused-ring (bicyclic) bond motifs is 10. The average molecular weight is 708 g/mol. The van der Waals surface area contributed by atoms with Crippen molar-refractivity contribution in [1.29, 1.82) is 0 Å². The molecule has 4 aromatic heterocycles. The van der Waals surface area contributed by atoms with E-state index in [9.17, 15) is 0 Å². The zero-order chi connectivity index (χ0) is 36.0. The fourth-order valence-corrected chi connectivity index (χ4v) is 8.42. The number of hydrogen-bond acceptors (Lipinski definition) is 5. The summed E-state index contributed by atoms with van der Waals surface area (Å²) < 4.78 is 22.4. The summed E-state index contributed by atoms with van der Waals surface area (Å²) in [5.74, 6) is 0.544. The molecule has 258 valence electrons. The molecule has 0 radical (unpaired) electrons. The molecule has 0 aliphatic rings. The molecule has 12 aromatic rings. The summed E-state index contributed by atoms with van der Waals surface area (Å²) in [6.07, 6.45) is 0. The van der Waals surface area contributed by atoms with Gasteiger partial charge in [0, 0.05) is 43.9 Å². The standard InChI is InChI=1S/C49H29N3O3/c1-3-14-30(15-4-1)49-50-46-44(55-49)29-37-34-19-8-11-23-41(34)54-48(37)47(46)52(40-22-13-25-43-45(40)35-20-9-12-24-42(35)53-43)32-26-27-39-36(28-32)33-18-7-10-21-38(33)51(39)31-16-5-2-6-17-31/h1-29H. The van der Waals surface area contributed by atoms with Gasteiger partial charge in [0.1, 0.15) is 28.0 Å². The SMILES string of the molecule is c1ccc(-c2nc3c(N(c4ccc5c(c4)c4ccccc4n5-c4ccccc4)c4cccc5oc6ccccc6c45)c4oc5ccccc5c4cc3o2)cc1. The van der Waals surface area contributed by atoms with Gasteiger partial charge in [-0.15, -0.1) is 0 Å². The maximum Gasteiger partial charge on any atom is 0.227 e. The summed E-state index contributed by atoms with van der Waals surface area (Å²) in [4.78, 5) is 7.56. The van der Waals surface area contributed by atoms with Crippen LogP contribution in [0.15, 0.2) is 189 Å². The van der Waals surface area contributed by atoms with Crippen LogP contribution in [0.4, 0.5) is 17.1 Å². The van der Waals surface area contributed by atoms with Crippen molar-refractivity contribution in [3.63, 3.8) is 0 Å². The van der Waals surface area contributed by atoms with E-state index in [1.54, 1.807) is 0 Å².